The van der Waals surface area contributed by atoms with Crippen molar-refractivity contribution in [2.75, 3.05) is 11.9 Å². The normalized spacial score (nSPS) is 16.9. The molecular formula is C19H20ClN3O3. The van der Waals surface area contributed by atoms with E-state index in [2.05, 4.69) is 5.32 Å². The molecule has 3 rings (SSSR count). The third kappa shape index (κ3) is 4.15. The van der Waals surface area contributed by atoms with E-state index in [0.717, 1.165) is 10.6 Å². The van der Waals surface area contributed by atoms with Crippen LogP contribution in [-0.2, 0) is 16.2 Å². The monoisotopic (exact) mass is 373 g/mol. The molecule has 26 heavy (non-hydrogen) atoms. The molecule has 1 fully saturated rings. The van der Waals surface area contributed by atoms with E-state index in [9.17, 15) is 9.59 Å². The molecule has 6 nitrogen and oxygen atoms in total. The van der Waals surface area contributed by atoms with Crippen LogP contribution in [0, 0.1) is 6.92 Å². The number of hydrogen-bond donors (Lipinski definition) is 1. The van der Waals surface area contributed by atoms with E-state index in [1.165, 1.54) is 17.5 Å². The first kappa shape index (κ1) is 18.2. The Balaban J connectivity index is 1.64. The van der Waals surface area contributed by atoms with Crippen LogP contribution in [0.4, 0.5) is 10.5 Å². The number of hydroxylamine groups is 2. The SMILES string of the molecule is Cc1ccc(CNC(=O)CC2ON(C)C(=O)N2c2ccc(Cl)cc2)cc1. The lowest BCUT2D eigenvalue weighted by Crippen LogP contribution is -2.38. The zero-order valence-electron chi connectivity index (χ0n) is 14.6. The molecule has 0 aliphatic carbocycles. The molecule has 1 N–H and O–H groups in total. The van der Waals surface area contributed by atoms with Gasteiger partial charge in [0.2, 0.25) is 5.91 Å². The molecule has 1 heterocycles. The molecule has 3 amide bonds. The highest BCUT2D eigenvalue weighted by molar-refractivity contribution is 6.30. The van der Waals surface area contributed by atoms with Crippen LogP contribution in [-0.4, -0.2) is 30.3 Å². The highest BCUT2D eigenvalue weighted by atomic mass is 35.5. The second-order valence-electron chi connectivity index (χ2n) is 6.15. The summed E-state index contributed by atoms with van der Waals surface area (Å²) in [5.41, 5.74) is 2.80. The standard InChI is InChI=1S/C19H20ClN3O3/c1-13-3-5-14(6-4-13)12-21-17(24)11-18-23(19(25)22(2)26-18)16-9-7-15(20)8-10-16/h3-10,18H,11-12H2,1-2H3,(H,21,24). The summed E-state index contributed by atoms with van der Waals surface area (Å²) in [7, 11) is 1.52. The molecule has 1 aliphatic rings. The van der Waals surface area contributed by atoms with Crippen molar-refractivity contribution in [2.45, 2.75) is 26.1 Å². The van der Waals surface area contributed by atoms with Crippen molar-refractivity contribution < 1.29 is 14.4 Å². The topological polar surface area (TPSA) is 61.9 Å². The average molecular weight is 374 g/mol. The number of nitrogens with zero attached hydrogens (tertiary/aromatic N) is 2. The summed E-state index contributed by atoms with van der Waals surface area (Å²) in [6.45, 7) is 2.44. The minimum absolute atomic E-state index is 0.0323. The fourth-order valence-electron chi connectivity index (χ4n) is 2.69. The van der Waals surface area contributed by atoms with Crippen molar-refractivity contribution in [1.82, 2.24) is 10.4 Å². The van der Waals surface area contributed by atoms with Crippen LogP contribution in [0.3, 0.4) is 0 Å². The molecule has 136 valence electrons. The number of carbonyl (C=O) groups is 2. The fraction of sp³-hybridized carbons (Fsp3) is 0.263. The lowest BCUT2D eigenvalue weighted by atomic mass is 10.1. The molecule has 1 atom stereocenters. The van der Waals surface area contributed by atoms with E-state index in [4.69, 9.17) is 16.4 Å². The predicted molar refractivity (Wildman–Crippen MR) is 99.6 cm³/mol. The largest absolute Gasteiger partial charge is 0.352 e. The number of nitrogens with one attached hydrogen (secondary N) is 1. The summed E-state index contributed by atoms with van der Waals surface area (Å²) < 4.78 is 0. The van der Waals surface area contributed by atoms with Gasteiger partial charge in [0.15, 0.2) is 6.23 Å². The van der Waals surface area contributed by atoms with Crippen molar-refractivity contribution in [1.29, 1.82) is 0 Å². The second kappa shape index (κ2) is 7.76. The Morgan fingerprint density at radius 3 is 2.46 bits per heavy atom. The number of amides is 3. The summed E-state index contributed by atoms with van der Waals surface area (Å²) in [4.78, 5) is 31.6. The van der Waals surface area contributed by atoms with Gasteiger partial charge in [-0.25, -0.2) is 14.7 Å². The maximum absolute atomic E-state index is 12.4. The molecule has 2 aromatic rings. The lowest BCUT2D eigenvalue weighted by molar-refractivity contribution is -0.133. The minimum atomic E-state index is -0.702. The van der Waals surface area contributed by atoms with Gasteiger partial charge < -0.3 is 5.32 Å². The van der Waals surface area contributed by atoms with Crippen LogP contribution in [0.5, 0.6) is 0 Å². The summed E-state index contributed by atoms with van der Waals surface area (Å²) in [6.07, 6.45) is -0.670. The summed E-state index contributed by atoms with van der Waals surface area (Å²) in [5, 5.41) is 4.56. The average Bonchev–Trinajstić information content (AvgIpc) is 2.89. The van der Waals surface area contributed by atoms with Gasteiger partial charge in [0, 0.05) is 24.3 Å². The van der Waals surface area contributed by atoms with E-state index < -0.39 is 6.23 Å². The summed E-state index contributed by atoms with van der Waals surface area (Å²) >= 11 is 5.90. The molecule has 0 spiro atoms. The number of benzene rings is 2. The molecule has 0 aromatic heterocycles. The van der Waals surface area contributed by atoms with E-state index in [1.54, 1.807) is 24.3 Å². The number of anilines is 1. The Morgan fingerprint density at radius 1 is 1.15 bits per heavy atom. The van der Waals surface area contributed by atoms with Crippen molar-refractivity contribution >= 4 is 29.2 Å². The lowest BCUT2D eigenvalue weighted by Gasteiger charge is -2.20. The Labute approximate surface area is 157 Å². The van der Waals surface area contributed by atoms with E-state index >= 15 is 0 Å². The van der Waals surface area contributed by atoms with E-state index in [-0.39, 0.29) is 18.4 Å². The second-order valence-corrected chi connectivity index (χ2v) is 6.59. The zero-order valence-corrected chi connectivity index (χ0v) is 15.4. The maximum atomic E-state index is 12.4. The van der Waals surface area contributed by atoms with Crippen molar-refractivity contribution in [3.8, 4) is 0 Å². The number of rotatable bonds is 5. The first-order chi connectivity index (χ1) is 12.4. The van der Waals surface area contributed by atoms with Crippen molar-refractivity contribution in [3.05, 3.63) is 64.7 Å². The third-order valence-corrected chi connectivity index (χ3v) is 4.37. The Bertz CT molecular complexity index is 793. The van der Waals surface area contributed by atoms with Crippen LogP contribution >= 0.6 is 11.6 Å². The van der Waals surface area contributed by atoms with Crippen molar-refractivity contribution in [3.63, 3.8) is 0 Å². The first-order valence-corrected chi connectivity index (χ1v) is 8.63. The summed E-state index contributed by atoms with van der Waals surface area (Å²) in [5.74, 6) is -0.197. The molecule has 7 heteroatoms. The van der Waals surface area contributed by atoms with Gasteiger partial charge in [-0.05, 0) is 36.8 Å². The van der Waals surface area contributed by atoms with Gasteiger partial charge in [-0.15, -0.1) is 0 Å². The quantitative estimate of drug-likeness (QED) is 0.872. The molecule has 0 saturated carbocycles. The highest BCUT2D eigenvalue weighted by Gasteiger charge is 2.39. The Kier molecular flexibility index (Phi) is 5.44. The molecule has 0 bridgehead atoms. The number of hydrogen-bond acceptors (Lipinski definition) is 3. The minimum Gasteiger partial charge on any atom is -0.352 e. The van der Waals surface area contributed by atoms with Crippen molar-refractivity contribution in [2.24, 2.45) is 0 Å². The molecule has 2 aromatic carbocycles. The van der Waals surface area contributed by atoms with Gasteiger partial charge in [0.05, 0.1) is 6.42 Å². The van der Waals surface area contributed by atoms with Gasteiger partial charge >= 0.3 is 6.03 Å². The molecular weight excluding hydrogens is 354 g/mol. The maximum Gasteiger partial charge on any atom is 0.350 e. The van der Waals surface area contributed by atoms with Crippen LogP contribution in [0.1, 0.15) is 17.5 Å². The van der Waals surface area contributed by atoms with Gasteiger partial charge in [0.1, 0.15) is 0 Å². The van der Waals surface area contributed by atoms with Gasteiger partial charge in [-0.3, -0.25) is 9.69 Å². The van der Waals surface area contributed by atoms with E-state index in [1.807, 2.05) is 31.2 Å². The fourth-order valence-corrected chi connectivity index (χ4v) is 2.82. The Morgan fingerprint density at radius 2 is 1.81 bits per heavy atom. The summed E-state index contributed by atoms with van der Waals surface area (Å²) in [6, 6.07) is 14.4. The molecule has 1 saturated heterocycles. The number of halogens is 1. The molecule has 1 aliphatic heterocycles. The van der Waals surface area contributed by atoms with Gasteiger partial charge in [0.25, 0.3) is 0 Å². The van der Waals surface area contributed by atoms with Gasteiger partial charge in [-0.1, -0.05) is 41.4 Å². The van der Waals surface area contributed by atoms with Crippen LogP contribution in [0.2, 0.25) is 5.02 Å². The molecule has 0 radical (unpaired) electrons. The van der Waals surface area contributed by atoms with Crippen LogP contribution in [0.15, 0.2) is 48.5 Å². The van der Waals surface area contributed by atoms with Gasteiger partial charge in [-0.2, -0.15) is 0 Å². The third-order valence-electron chi connectivity index (χ3n) is 4.12. The predicted octanol–water partition coefficient (Wildman–Crippen LogP) is 3.48. The number of aryl methyl sites for hydroxylation is 1. The highest BCUT2D eigenvalue weighted by Crippen LogP contribution is 2.27. The Hall–Kier alpha value is -2.57. The number of carbonyl (C=O) groups excluding carboxylic acids is 2. The zero-order chi connectivity index (χ0) is 18.7. The smallest absolute Gasteiger partial charge is 0.350 e. The van der Waals surface area contributed by atoms with Crippen LogP contribution < -0.4 is 10.2 Å². The van der Waals surface area contributed by atoms with Crippen LogP contribution in [0.25, 0.3) is 0 Å². The first-order valence-electron chi connectivity index (χ1n) is 8.25. The molecule has 1 unspecified atom stereocenters. The number of urea groups is 1. The van der Waals surface area contributed by atoms with E-state index in [0.29, 0.717) is 17.3 Å².